The van der Waals surface area contributed by atoms with E-state index in [2.05, 4.69) is 29.6 Å². The fraction of sp³-hybridized carbons (Fsp3) is 0.464. The summed E-state index contributed by atoms with van der Waals surface area (Å²) in [5, 5.41) is 12.5. The molecule has 3 atom stereocenters. The van der Waals surface area contributed by atoms with Gasteiger partial charge in [-0.1, -0.05) is 61.9 Å². The molecule has 1 saturated carbocycles. The van der Waals surface area contributed by atoms with Gasteiger partial charge < -0.3 is 20.1 Å². The number of amides is 2. The van der Waals surface area contributed by atoms with Crippen molar-refractivity contribution in [3.05, 3.63) is 59.7 Å². The molecule has 7 nitrogen and oxygen atoms in total. The number of nitrogens with zero attached hydrogens (tertiary/aromatic N) is 1. The van der Waals surface area contributed by atoms with Gasteiger partial charge in [-0.2, -0.15) is 0 Å². The monoisotopic (exact) mass is 476 g/mol. The van der Waals surface area contributed by atoms with E-state index >= 15 is 0 Å². The molecule has 3 unspecified atom stereocenters. The zero-order chi connectivity index (χ0) is 24.5. The second-order valence-electron chi connectivity index (χ2n) is 10.2. The van der Waals surface area contributed by atoms with Crippen molar-refractivity contribution in [1.82, 2.24) is 10.2 Å². The van der Waals surface area contributed by atoms with Gasteiger partial charge >= 0.3 is 12.1 Å². The lowest BCUT2D eigenvalue weighted by Crippen LogP contribution is -2.59. The first kappa shape index (κ1) is 23.4. The number of alkyl carbamates (subject to hydrolysis) is 1. The summed E-state index contributed by atoms with van der Waals surface area (Å²) in [5.74, 6) is -1.12. The van der Waals surface area contributed by atoms with Crippen LogP contribution in [-0.4, -0.2) is 53.2 Å². The Hall–Kier alpha value is -3.35. The van der Waals surface area contributed by atoms with Crippen LogP contribution < -0.4 is 5.32 Å². The number of benzene rings is 2. The van der Waals surface area contributed by atoms with E-state index in [0.717, 1.165) is 47.9 Å². The highest BCUT2D eigenvalue weighted by molar-refractivity contribution is 5.90. The third-order valence-electron chi connectivity index (χ3n) is 7.89. The molecule has 2 N–H and O–H groups in total. The predicted octanol–water partition coefficient (Wildman–Crippen LogP) is 4.41. The molecule has 0 bridgehead atoms. The normalized spacial score (nSPS) is 22.5. The standard InChI is InChI=1S/C28H32N2O5/c1-17-13-14-24(27(32)33)30(15-17)26(31)25(18-7-6-8-18)29-28(34)35-16-23-21-11-4-2-9-19(21)20-10-3-5-12-22(20)23/h2-5,9-12,17-18,23-25H,6-8,13-16H2,1H3,(H,29,34)(H,32,33). The molecule has 2 aliphatic carbocycles. The molecule has 0 spiro atoms. The third kappa shape index (κ3) is 4.51. The molecule has 1 saturated heterocycles. The first-order chi connectivity index (χ1) is 16.9. The molecule has 35 heavy (non-hydrogen) atoms. The smallest absolute Gasteiger partial charge is 0.407 e. The fourth-order valence-electron chi connectivity index (χ4n) is 5.75. The molecule has 2 aromatic carbocycles. The molecular formula is C28H32N2O5. The van der Waals surface area contributed by atoms with Crippen LogP contribution in [0.4, 0.5) is 4.79 Å². The number of carbonyl (C=O) groups excluding carboxylic acids is 2. The highest BCUT2D eigenvalue weighted by Gasteiger charge is 2.42. The number of aliphatic carboxylic acids is 1. The number of carboxylic acid groups (broad SMARTS) is 1. The van der Waals surface area contributed by atoms with Crippen LogP contribution in [0.25, 0.3) is 11.1 Å². The third-order valence-corrected chi connectivity index (χ3v) is 7.89. The highest BCUT2D eigenvalue weighted by atomic mass is 16.5. The van der Waals surface area contributed by atoms with Gasteiger partial charge in [0.15, 0.2) is 0 Å². The fourth-order valence-corrected chi connectivity index (χ4v) is 5.75. The van der Waals surface area contributed by atoms with Crippen molar-refractivity contribution >= 4 is 18.0 Å². The molecule has 2 fully saturated rings. The Bertz CT molecular complexity index is 1080. The Morgan fingerprint density at radius 2 is 1.63 bits per heavy atom. The van der Waals surface area contributed by atoms with Crippen molar-refractivity contribution in [2.24, 2.45) is 11.8 Å². The minimum Gasteiger partial charge on any atom is -0.480 e. The Morgan fingerprint density at radius 3 is 2.20 bits per heavy atom. The van der Waals surface area contributed by atoms with Crippen molar-refractivity contribution in [1.29, 1.82) is 0 Å². The average molecular weight is 477 g/mol. The SMILES string of the molecule is CC1CCC(C(=O)O)N(C(=O)C(NC(=O)OCC2c3ccccc3-c3ccccc32)C2CCC2)C1. The van der Waals surface area contributed by atoms with Gasteiger partial charge in [0, 0.05) is 12.5 Å². The topological polar surface area (TPSA) is 95.9 Å². The van der Waals surface area contributed by atoms with Crippen LogP contribution in [0.3, 0.4) is 0 Å². The lowest BCUT2D eigenvalue weighted by atomic mass is 9.78. The van der Waals surface area contributed by atoms with E-state index < -0.39 is 24.1 Å². The number of fused-ring (bicyclic) bond motifs is 3. The molecule has 7 heteroatoms. The molecule has 184 valence electrons. The molecule has 0 aromatic heterocycles. The van der Waals surface area contributed by atoms with E-state index in [-0.39, 0.29) is 30.3 Å². The summed E-state index contributed by atoms with van der Waals surface area (Å²) in [6, 6.07) is 14.7. The van der Waals surface area contributed by atoms with Gasteiger partial charge in [0.25, 0.3) is 0 Å². The van der Waals surface area contributed by atoms with Crippen LogP contribution in [-0.2, 0) is 14.3 Å². The first-order valence-electron chi connectivity index (χ1n) is 12.6. The van der Waals surface area contributed by atoms with Gasteiger partial charge in [-0.25, -0.2) is 9.59 Å². The quantitative estimate of drug-likeness (QED) is 0.644. The Balaban J connectivity index is 1.29. The van der Waals surface area contributed by atoms with E-state index in [1.807, 2.05) is 31.2 Å². The Kier molecular flexibility index (Phi) is 6.50. The number of piperidine rings is 1. The number of ether oxygens (including phenoxy) is 1. The molecule has 1 aliphatic heterocycles. The lowest BCUT2D eigenvalue weighted by Gasteiger charge is -2.41. The van der Waals surface area contributed by atoms with Crippen LogP contribution in [0.15, 0.2) is 48.5 Å². The van der Waals surface area contributed by atoms with Gasteiger partial charge in [-0.15, -0.1) is 0 Å². The van der Waals surface area contributed by atoms with Crippen molar-refractivity contribution in [2.75, 3.05) is 13.2 Å². The molecule has 0 radical (unpaired) electrons. The van der Waals surface area contributed by atoms with Crippen molar-refractivity contribution in [3.63, 3.8) is 0 Å². The summed E-state index contributed by atoms with van der Waals surface area (Å²) in [6.45, 7) is 2.59. The van der Waals surface area contributed by atoms with E-state index in [9.17, 15) is 19.5 Å². The van der Waals surface area contributed by atoms with Crippen LogP contribution in [0.2, 0.25) is 0 Å². The van der Waals surface area contributed by atoms with Gasteiger partial charge in [-0.05, 0) is 59.8 Å². The number of rotatable bonds is 6. The largest absolute Gasteiger partial charge is 0.480 e. The summed E-state index contributed by atoms with van der Waals surface area (Å²) in [7, 11) is 0. The van der Waals surface area contributed by atoms with Gasteiger partial charge in [0.2, 0.25) is 5.91 Å². The second kappa shape index (κ2) is 9.72. The Morgan fingerprint density at radius 1 is 1.00 bits per heavy atom. The minimum absolute atomic E-state index is 0.00894. The van der Waals surface area contributed by atoms with E-state index in [4.69, 9.17) is 4.74 Å². The van der Waals surface area contributed by atoms with Gasteiger partial charge in [-0.3, -0.25) is 4.79 Å². The summed E-state index contributed by atoms with van der Waals surface area (Å²) in [6.07, 6.45) is 3.25. The number of likely N-dealkylation sites (tertiary alicyclic amines) is 1. The van der Waals surface area contributed by atoms with Crippen molar-refractivity contribution in [2.45, 2.75) is 57.0 Å². The summed E-state index contributed by atoms with van der Waals surface area (Å²) in [4.78, 5) is 39.7. The van der Waals surface area contributed by atoms with Crippen molar-refractivity contribution in [3.8, 4) is 11.1 Å². The summed E-state index contributed by atoms with van der Waals surface area (Å²) >= 11 is 0. The van der Waals surface area contributed by atoms with Crippen LogP contribution in [0.1, 0.15) is 56.1 Å². The Labute approximate surface area is 205 Å². The highest BCUT2D eigenvalue weighted by Crippen LogP contribution is 2.44. The maximum absolute atomic E-state index is 13.5. The minimum atomic E-state index is -0.987. The molecule has 2 amide bonds. The number of carbonyl (C=O) groups is 3. The number of carboxylic acids is 1. The van der Waals surface area contributed by atoms with Crippen LogP contribution in [0, 0.1) is 11.8 Å². The number of nitrogens with one attached hydrogen (secondary N) is 1. The van der Waals surface area contributed by atoms with E-state index in [1.54, 1.807) is 0 Å². The zero-order valence-electron chi connectivity index (χ0n) is 20.0. The molecule has 5 rings (SSSR count). The summed E-state index contributed by atoms with van der Waals surface area (Å²) in [5.41, 5.74) is 4.55. The predicted molar refractivity (Wildman–Crippen MR) is 131 cm³/mol. The number of hydrogen-bond donors (Lipinski definition) is 2. The molecule has 1 heterocycles. The lowest BCUT2D eigenvalue weighted by molar-refractivity contribution is -0.155. The molecule has 2 aromatic rings. The maximum atomic E-state index is 13.5. The average Bonchev–Trinajstić information content (AvgIpc) is 3.14. The van der Waals surface area contributed by atoms with Crippen molar-refractivity contribution < 1.29 is 24.2 Å². The first-order valence-corrected chi connectivity index (χ1v) is 12.6. The van der Waals surface area contributed by atoms with Crippen LogP contribution >= 0.6 is 0 Å². The molecular weight excluding hydrogens is 444 g/mol. The van der Waals surface area contributed by atoms with E-state index in [1.165, 1.54) is 4.90 Å². The van der Waals surface area contributed by atoms with Crippen LogP contribution in [0.5, 0.6) is 0 Å². The molecule has 3 aliphatic rings. The van der Waals surface area contributed by atoms with Gasteiger partial charge in [0.1, 0.15) is 18.7 Å². The summed E-state index contributed by atoms with van der Waals surface area (Å²) < 4.78 is 5.68. The number of hydrogen-bond acceptors (Lipinski definition) is 4. The van der Waals surface area contributed by atoms with Gasteiger partial charge in [0.05, 0.1) is 0 Å². The maximum Gasteiger partial charge on any atom is 0.407 e. The van der Waals surface area contributed by atoms with E-state index in [0.29, 0.717) is 13.0 Å². The zero-order valence-corrected chi connectivity index (χ0v) is 20.0. The second-order valence-corrected chi connectivity index (χ2v) is 10.2.